The number of benzene rings is 1. The Bertz CT molecular complexity index is 666. The Morgan fingerprint density at radius 2 is 2.12 bits per heavy atom. The van der Waals surface area contributed by atoms with Gasteiger partial charge in [0.1, 0.15) is 0 Å². The molecule has 2 aromatic heterocycles. The lowest BCUT2D eigenvalue weighted by Gasteiger charge is -2.02. The van der Waals surface area contributed by atoms with E-state index in [0.717, 1.165) is 29.8 Å². The van der Waals surface area contributed by atoms with Crippen molar-refractivity contribution in [2.24, 2.45) is 0 Å². The van der Waals surface area contributed by atoms with Crippen LogP contribution in [-0.2, 0) is 6.54 Å². The van der Waals surface area contributed by atoms with Crippen molar-refractivity contribution < 1.29 is 5.11 Å². The highest BCUT2D eigenvalue weighted by atomic mass is 16.3. The van der Waals surface area contributed by atoms with Gasteiger partial charge in [0, 0.05) is 25.0 Å². The number of para-hydroxylation sites is 2. The number of hydrogen-bond donors (Lipinski definition) is 1. The molecule has 0 aliphatic carbocycles. The Morgan fingerprint density at radius 3 is 2.94 bits per heavy atom. The smallest absolute Gasteiger partial charge is 0.215 e. The van der Waals surface area contributed by atoms with Crippen LogP contribution >= 0.6 is 0 Å². The lowest BCUT2D eigenvalue weighted by molar-refractivity contribution is 0.280. The van der Waals surface area contributed by atoms with Crippen LogP contribution in [0.2, 0.25) is 0 Å². The predicted molar refractivity (Wildman–Crippen MR) is 67.1 cm³/mol. The van der Waals surface area contributed by atoms with Crippen LogP contribution in [0.4, 0.5) is 0 Å². The van der Waals surface area contributed by atoms with E-state index in [1.165, 1.54) is 5.69 Å². The second kappa shape index (κ2) is 3.89. The predicted octanol–water partition coefficient (Wildman–Crippen LogP) is 1.98. The zero-order valence-corrected chi connectivity index (χ0v) is 9.80. The summed E-state index contributed by atoms with van der Waals surface area (Å²) in [6, 6.07) is 8.12. The van der Waals surface area contributed by atoms with E-state index in [2.05, 4.69) is 33.1 Å². The van der Waals surface area contributed by atoms with E-state index < -0.39 is 0 Å². The monoisotopic (exact) mass is 229 g/mol. The number of hydrogen-bond acceptors (Lipinski definition) is 2. The zero-order valence-electron chi connectivity index (χ0n) is 9.80. The van der Waals surface area contributed by atoms with Crippen LogP contribution in [-0.4, -0.2) is 25.7 Å². The first-order chi connectivity index (χ1) is 8.31. The van der Waals surface area contributed by atoms with Gasteiger partial charge in [-0.05, 0) is 25.5 Å². The Kier molecular flexibility index (Phi) is 2.37. The molecule has 0 fully saturated rings. The first-order valence-electron chi connectivity index (χ1n) is 5.85. The number of aliphatic hydroxyl groups excluding tert-OH is 1. The van der Waals surface area contributed by atoms with Crippen molar-refractivity contribution in [2.45, 2.75) is 19.9 Å². The van der Waals surface area contributed by atoms with E-state index >= 15 is 0 Å². The standard InChI is InChI=1S/C13H15N3O/c1-10-9-16-12-6-3-2-5-11(12)14-13(16)15(10)7-4-8-17/h2-3,5-6,9,17H,4,7-8H2,1H3. The number of aryl methyl sites for hydroxylation is 2. The molecule has 0 saturated carbocycles. The molecule has 0 amide bonds. The van der Waals surface area contributed by atoms with Crippen LogP contribution in [0.25, 0.3) is 16.8 Å². The van der Waals surface area contributed by atoms with Gasteiger partial charge in [-0.2, -0.15) is 0 Å². The van der Waals surface area contributed by atoms with Crippen LogP contribution < -0.4 is 0 Å². The minimum Gasteiger partial charge on any atom is -0.396 e. The van der Waals surface area contributed by atoms with Crippen LogP contribution in [0.15, 0.2) is 30.5 Å². The zero-order chi connectivity index (χ0) is 11.8. The molecule has 0 spiro atoms. The molecule has 0 aliphatic rings. The van der Waals surface area contributed by atoms with Crippen molar-refractivity contribution in [1.82, 2.24) is 14.0 Å². The van der Waals surface area contributed by atoms with Gasteiger partial charge in [-0.1, -0.05) is 12.1 Å². The van der Waals surface area contributed by atoms with Gasteiger partial charge >= 0.3 is 0 Å². The van der Waals surface area contributed by atoms with Gasteiger partial charge in [-0.3, -0.25) is 4.40 Å². The van der Waals surface area contributed by atoms with Crippen LogP contribution in [0.5, 0.6) is 0 Å². The molecule has 4 nitrogen and oxygen atoms in total. The summed E-state index contributed by atoms with van der Waals surface area (Å²) < 4.78 is 4.26. The molecule has 1 N–H and O–H groups in total. The Hall–Kier alpha value is -1.81. The number of fused-ring (bicyclic) bond motifs is 3. The summed E-state index contributed by atoms with van der Waals surface area (Å²) in [5.41, 5.74) is 3.32. The van der Waals surface area contributed by atoms with Crippen molar-refractivity contribution in [3.63, 3.8) is 0 Å². The summed E-state index contributed by atoms with van der Waals surface area (Å²) in [6.07, 6.45) is 2.86. The molecule has 0 atom stereocenters. The van der Waals surface area contributed by atoms with Crippen LogP contribution in [0.1, 0.15) is 12.1 Å². The van der Waals surface area contributed by atoms with Gasteiger partial charge in [0.05, 0.1) is 11.0 Å². The third-order valence-electron chi connectivity index (χ3n) is 3.10. The van der Waals surface area contributed by atoms with E-state index in [4.69, 9.17) is 5.11 Å². The van der Waals surface area contributed by atoms with E-state index in [0.29, 0.717) is 0 Å². The first kappa shape index (κ1) is 10.4. The summed E-state index contributed by atoms with van der Waals surface area (Å²) in [5, 5.41) is 8.93. The largest absolute Gasteiger partial charge is 0.396 e. The maximum atomic E-state index is 8.93. The molecular weight excluding hydrogens is 214 g/mol. The van der Waals surface area contributed by atoms with E-state index in [1.54, 1.807) is 0 Å². The highest BCUT2D eigenvalue weighted by molar-refractivity contribution is 5.79. The second-order valence-corrected chi connectivity index (χ2v) is 4.27. The van der Waals surface area contributed by atoms with Crippen molar-refractivity contribution in [2.75, 3.05) is 6.61 Å². The van der Waals surface area contributed by atoms with E-state index in [9.17, 15) is 0 Å². The summed E-state index contributed by atoms with van der Waals surface area (Å²) in [7, 11) is 0. The Morgan fingerprint density at radius 1 is 1.29 bits per heavy atom. The second-order valence-electron chi connectivity index (χ2n) is 4.27. The summed E-state index contributed by atoms with van der Waals surface area (Å²) >= 11 is 0. The molecule has 0 saturated heterocycles. The first-order valence-corrected chi connectivity index (χ1v) is 5.85. The van der Waals surface area contributed by atoms with Gasteiger partial charge in [0.2, 0.25) is 5.78 Å². The van der Waals surface area contributed by atoms with Gasteiger partial charge in [0.15, 0.2) is 0 Å². The molecule has 1 aromatic carbocycles. The fraction of sp³-hybridized carbons (Fsp3) is 0.308. The topological polar surface area (TPSA) is 42.5 Å². The van der Waals surface area contributed by atoms with Crippen molar-refractivity contribution in [3.8, 4) is 0 Å². The number of aromatic nitrogens is 3. The minimum atomic E-state index is 0.212. The average molecular weight is 229 g/mol. The van der Waals surface area contributed by atoms with Gasteiger partial charge in [-0.15, -0.1) is 0 Å². The summed E-state index contributed by atoms with van der Waals surface area (Å²) in [4.78, 5) is 4.63. The molecular formula is C13H15N3O. The molecule has 17 heavy (non-hydrogen) atoms. The third kappa shape index (κ3) is 1.52. The van der Waals surface area contributed by atoms with Crippen molar-refractivity contribution >= 4 is 16.8 Å². The van der Waals surface area contributed by atoms with Gasteiger partial charge in [0.25, 0.3) is 0 Å². The number of rotatable bonds is 3. The van der Waals surface area contributed by atoms with E-state index in [1.807, 2.05) is 18.2 Å². The molecule has 3 rings (SSSR count). The van der Waals surface area contributed by atoms with Crippen molar-refractivity contribution in [1.29, 1.82) is 0 Å². The molecule has 2 heterocycles. The Balaban J connectivity index is 2.24. The fourth-order valence-electron chi connectivity index (χ4n) is 2.27. The van der Waals surface area contributed by atoms with Crippen LogP contribution in [0, 0.1) is 6.92 Å². The number of nitrogens with zero attached hydrogens (tertiary/aromatic N) is 3. The molecule has 0 unspecified atom stereocenters. The molecule has 4 heteroatoms. The summed E-state index contributed by atoms with van der Waals surface area (Å²) in [6.45, 7) is 3.09. The molecule has 0 radical (unpaired) electrons. The lowest BCUT2D eigenvalue weighted by atomic mass is 10.3. The normalized spacial score (nSPS) is 11.6. The number of imidazole rings is 2. The van der Waals surface area contributed by atoms with Gasteiger partial charge < -0.3 is 9.67 Å². The highest BCUT2D eigenvalue weighted by Crippen LogP contribution is 2.19. The minimum absolute atomic E-state index is 0.212. The van der Waals surface area contributed by atoms with Crippen molar-refractivity contribution in [3.05, 3.63) is 36.2 Å². The maximum absolute atomic E-state index is 8.93. The molecule has 0 aliphatic heterocycles. The number of aliphatic hydroxyl groups is 1. The van der Waals surface area contributed by atoms with Crippen LogP contribution in [0.3, 0.4) is 0 Å². The summed E-state index contributed by atoms with van der Waals surface area (Å²) in [5.74, 6) is 0.956. The third-order valence-corrected chi connectivity index (χ3v) is 3.10. The maximum Gasteiger partial charge on any atom is 0.215 e. The van der Waals surface area contributed by atoms with Gasteiger partial charge in [-0.25, -0.2) is 4.98 Å². The SMILES string of the molecule is Cc1cn2c3ccccc3nc2n1CCCO. The Labute approximate surface area is 99.1 Å². The molecule has 3 aromatic rings. The quantitative estimate of drug-likeness (QED) is 0.746. The van der Waals surface area contributed by atoms with E-state index in [-0.39, 0.29) is 6.61 Å². The lowest BCUT2D eigenvalue weighted by Crippen LogP contribution is -2.02. The molecule has 88 valence electrons. The molecule has 0 bridgehead atoms. The highest BCUT2D eigenvalue weighted by Gasteiger charge is 2.10. The fourth-order valence-corrected chi connectivity index (χ4v) is 2.27. The average Bonchev–Trinajstić information content (AvgIpc) is 2.82.